The van der Waals surface area contributed by atoms with Gasteiger partial charge in [0, 0.05) is 31.6 Å². The number of benzene rings is 1. The Morgan fingerprint density at radius 1 is 1.41 bits per heavy atom. The molecule has 2 amide bonds. The monoisotopic (exact) mass is 389 g/mol. The van der Waals surface area contributed by atoms with Crippen molar-refractivity contribution in [1.82, 2.24) is 4.90 Å². The molecule has 1 fully saturated rings. The van der Waals surface area contributed by atoms with Crippen LogP contribution in [0.5, 0.6) is 0 Å². The smallest absolute Gasteiger partial charge is 0.465 e. The van der Waals surface area contributed by atoms with Gasteiger partial charge in [-0.25, -0.2) is 4.79 Å². The van der Waals surface area contributed by atoms with E-state index in [1.807, 2.05) is 0 Å². The van der Waals surface area contributed by atoms with Gasteiger partial charge >= 0.3 is 18.2 Å². The molecule has 1 atom stereocenters. The Labute approximate surface area is 152 Å². The van der Waals surface area contributed by atoms with E-state index in [1.165, 1.54) is 19.1 Å². The quantitative estimate of drug-likeness (QED) is 0.628. The van der Waals surface area contributed by atoms with Gasteiger partial charge < -0.3 is 10.0 Å². The number of carboxylic acid groups (broad SMARTS) is 1. The molecule has 0 aromatic heterocycles. The lowest BCUT2D eigenvalue weighted by molar-refractivity contribution is -0.384. The van der Waals surface area contributed by atoms with Crippen LogP contribution < -0.4 is 4.90 Å². The van der Waals surface area contributed by atoms with Crippen LogP contribution in [0.15, 0.2) is 18.2 Å². The van der Waals surface area contributed by atoms with Gasteiger partial charge in [-0.15, -0.1) is 0 Å². The normalized spacial score (nSPS) is 17.5. The van der Waals surface area contributed by atoms with Crippen molar-refractivity contribution in [1.29, 1.82) is 0 Å². The van der Waals surface area contributed by atoms with Crippen LogP contribution in [0.25, 0.3) is 0 Å². The molecular formula is C16H18F3N3O5. The van der Waals surface area contributed by atoms with Gasteiger partial charge in [-0.3, -0.25) is 19.8 Å². The lowest BCUT2D eigenvalue weighted by Gasteiger charge is -2.34. The van der Waals surface area contributed by atoms with Crippen molar-refractivity contribution >= 4 is 23.4 Å². The Bertz CT molecular complexity index is 753. The number of nitrogens with zero attached hydrogens (tertiary/aromatic N) is 3. The van der Waals surface area contributed by atoms with Gasteiger partial charge in [-0.05, 0) is 25.3 Å². The number of amides is 2. The number of piperidine rings is 1. The molecular weight excluding hydrogens is 371 g/mol. The van der Waals surface area contributed by atoms with Crippen molar-refractivity contribution in [2.24, 2.45) is 0 Å². The van der Waals surface area contributed by atoms with Crippen LogP contribution >= 0.6 is 0 Å². The van der Waals surface area contributed by atoms with Crippen molar-refractivity contribution in [3.8, 4) is 0 Å². The van der Waals surface area contributed by atoms with Gasteiger partial charge in [0.1, 0.15) is 5.69 Å². The molecule has 1 unspecified atom stereocenters. The highest BCUT2D eigenvalue weighted by molar-refractivity contribution is 5.91. The van der Waals surface area contributed by atoms with E-state index in [0.29, 0.717) is 11.3 Å². The maximum absolute atomic E-state index is 12.7. The zero-order chi connectivity index (χ0) is 20.4. The van der Waals surface area contributed by atoms with Crippen molar-refractivity contribution < 1.29 is 32.8 Å². The van der Waals surface area contributed by atoms with Gasteiger partial charge in [0.25, 0.3) is 5.69 Å². The van der Waals surface area contributed by atoms with Crippen LogP contribution in [0.3, 0.4) is 0 Å². The minimum absolute atomic E-state index is 0.0739. The molecule has 1 N–H and O–H groups in total. The second-order valence-corrected chi connectivity index (χ2v) is 6.09. The van der Waals surface area contributed by atoms with E-state index in [1.54, 1.807) is 0 Å². The number of anilines is 1. The number of rotatable bonds is 4. The number of nitro groups is 1. The molecule has 1 heterocycles. The van der Waals surface area contributed by atoms with Crippen molar-refractivity contribution in [2.45, 2.75) is 31.9 Å². The minimum atomic E-state index is -5.01. The van der Waals surface area contributed by atoms with E-state index in [2.05, 4.69) is 0 Å². The number of para-hydroxylation sites is 1. The number of alkyl halides is 3. The summed E-state index contributed by atoms with van der Waals surface area (Å²) in [5, 5.41) is 20.8. The summed E-state index contributed by atoms with van der Waals surface area (Å²) in [7, 11) is 0. The van der Waals surface area contributed by atoms with Crippen LogP contribution in [-0.2, 0) is 4.79 Å². The fourth-order valence-electron chi connectivity index (χ4n) is 3.30. The number of hydrogen-bond acceptors (Lipinski definition) is 4. The number of likely N-dealkylation sites (tertiary alicyclic amines) is 1. The predicted octanol–water partition coefficient (Wildman–Crippen LogP) is 3.37. The van der Waals surface area contributed by atoms with Gasteiger partial charge in [0.15, 0.2) is 0 Å². The van der Waals surface area contributed by atoms with Gasteiger partial charge in [-0.2, -0.15) is 13.2 Å². The van der Waals surface area contributed by atoms with E-state index < -0.39 is 34.7 Å². The van der Waals surface area contributed by atoms with Crippen LogP contribution in [0.4, 0.5) is 29.3 Å². The largest absolute Gasteiger partial charge is 0.471 e. The van der Waals surface area contributed by atoms with Crippen molar-refractivity contribution in [3.05, 3.63) is 33.9 Å². The molecule has 1 aromatic carbocycles. The summed E-state index contributed by atoms with van der Waals surface area (Å²) in [6.07, 6.45) is -5.77. The van der Waals surface area contributed by atoms with Gasteiger partial charge in [0.2, 0.25) is 0 Å². The Kier molecular flexibility index (Phi) is 5.91. The number of nitro benzene ring substituents is 1. The summed E-state index contributed by atoms with van der Waals surface area (Å²) in [5.74, 6) is -2.61. The Hall–Kier alpha value is -2.85. The minimum Gasteiger partial charge on any atom is -0.465 e. The standard InChI is InChI=1S/C16H18F3N3O5/c1-2-21(15(24)25)13-11(6-3-7-12(13)22(26)27)10-5-4-8-20(9-10)14(23)16(17,18)19/h3,6-7,10H,2,4-5,8-9H2,1H3,(H,24,25). The third-order valence-electron chi connectivity index (χ3n) is 4.45. The summed E-state index contributed by atoms with van der Waals surface area (Å²) >= 11 is 0. The molecule has 11 heteroatoms. The summed E-state index contributed by atoms with van der Waals surface area (Å²) in [6, 6.07) is 3.96. The molecule has 0 bridgehead atoms. The Morgan fingerprint density at radius 3 is 2.59 bits per heavy atom. The average Bonchev–Trinajstić information content (AvgIpc) is 2.60. The molecule has 1 aliphatic rings. The number of carbonyl (C=O) groups is 2. The SMILES string of the molecule is CCN(C(=O)O)c1c(C2CCCN(C(=O)C(F)(F)F)C2)cccc1[N+](=O)[O-]. The molecule has 8 nitrogen and oxygen atoms in total. The fourth-order valence-corrected chi connectivity index (χ4v) is 3.30. The van der Waals surface area contributed by atoms with Crippen LogP contribution in [0.2, 0.25) is 0 Å². The molecule has 1 saturated heterocycles. The first-order chi connectivity index (χ1) is 12.6. The number of carbonyl (C=O) groups excluding carboxylic acids is 1. The van der Waals surface area contributed by atoms with Gasteiger partial charge in [-0.1, -0.05) is 12.1 Å². The van der Waals surface area contributed by atoms with Crippen LogP contribution in [-0.4, -0.2) is 52.7 Å². The summed E-state index contributed by atoms with van der Waals surface area (Å²) in [6.45, 7) is 1.05. The molecule has 148 valence electrons. The maximum Gasteiger partial charge on any atom is 0.471 e. The third kappa shape index (κ3) is 4.29. The lowest BCUT2D eigenvalue weighted by atomic mass is 9.88. The second-order valence-electron chi connectivity index (χ2n) is 6.09. The second kappa shape index (κ2) is 7.80. The zero-order valence-electron chi connectivity index (χ0n) is 14.4. The molecule has 0 radical (unpaired) electrons. The molecule has 27 heavy (non-hydrogen) atoms. The van der Waals surface area contributed by atoms with E-state index in [4.69, 9.17) is 0 Å². The molecule has 0 saturated carbocycles. The van der Waals surface area contributed by atoms with Gasteiger partial charge in [0.05, 0.1) is 4.92 Å². The first-order valence-corrected chi connectivity index (χ1v) is 8.21. The van der Waals surface area contributed by atoms with Crippen molar-refractivity contribution in [2.75, 3.05) is 24.5 Å². The fraction of sp³-hybridized carbons (Fsp3) is 0.500. The highest BCUT2D eigenvalue weighted by Gasteiger charge is 2.44. The first-order valence-electron chi connectivity index (χ1n) is 8.21. The lowest BCUT2D eigenvalue weighted by Crippen LogP contribution is -2.46. The van der Waals surface area contributed by atoms with E-state index in [0.717, 1.165) is 11.0 Å². The molecule has 0 spiro atoms. The highest BCUT2D eigenvalue weighted by atomic mass is 19.4. The van der Waals surface area contributed by atoms with Crippen LogP contribution in [0.1, 0.15) is 31.2 Å². The molecule has 1 aromatic rings. The number of halogens is 3. The first kappa shape index (κ1) is 20.5. The third-order valence-corrected chi connectivity index (χ3v) is 4.45. The highest BCUT2D eigenvalue weighted by Crippen LogP contribution is 2.40. The summed E-state index contributed by atoms with van der Waals surface area (Å²) in [5.41, 5.74) is -0.368. The topological polar surface area (TPSA) is 104 Å². The summed E-state index contributed by atoms with van der Waals surface area (Å²) in [4.78, 5) is 35.2. The summed E-state index contributed by atoms with van der Waals surface area (Å²) < 4.78 is 38.2. The molecule has 0 aliphatic carbocycles. The van der Waals surface area contributed by atoms with Crippen LogP contribution in [0, 0.1) is 10.1 Å². The zero-order valence-corrected chi connectivity index (χ0v) is 14.4. The average molecular weight is 389 g/mol. The Balaban J connectivity index is 2.48. The van der Waals surface area contributed by atoms with E-state index in [9.17, 15) is 38.0 Å². The predicted molar refractivity (Wildman–Crippen MR) is 88.8 cm³/mol. The van der Waals surface area contributed by atoms with E-state index in [-0.39, 0.29) is 37.3 Å². The Morgan fingerprint density at radius 2 is 2.07 bits per heavy atom. The molecule has 2 rings (SSSR count). The molecule has 1 aliphatic heterocycles. The van der Waals surface area contributed by atoms with Crippen molar-refractivity contribution in [3.63, 3.8) is 0 Å². The maximum atomic E-state index is 12.7. The van der Waals surface area contributed by atoms with E-state index >= 15 is 0 Å². The number of hydrogen-bond donors (Lipinski definition) is 1.